The van der Waals surface area contributed by atoms with Crippen LogP contribution in [-0.2, 0) is 11.2 Å². The molecule has 2 nitrogen and oxygen atoms in total. The lowest BCUT2D eigenvalue weighted by atomic mass is 9.93. The summed E-state index contributed by atoms with van der Waals surface area (Å²) in [6.07, 6.45) is 5.83. The Labute approximate surface area is 120 Å². The van der Waals surface area contributed by atoms with Crippen molar-refractivity contribution in [3.05, 3.63) is 35.9 Å². The molecule has 0 saturated heterocycles. The molecular weight excluding hydrogens is 258 g/mol. The van der Waals surface area contributed by atoms with Crippen LogP contribution < -0.4 is 0 Å². The number of hydrogen-bond donors (Lipinski definition) is 0. The first-order valence-electron chi connectivity index (χ1n) is 7.12. The SMILES string of the molecule is CN(C(=O)CCc1ccccc1)C1CCCCC1Cl. The van der Waals surface area contributed by atoms with Crippen LogP contribution in [0.25, 0.3) is 0 Å². The van der Waals surface area contributed by atoms with Crippen molar-refractivity contribution in [3.8, 4) is 0 Å². The molecule has 2 rings (SSSR count). The Hall–Kier alpha value is -1.02. The summed E-state index contributed by atoms with van der Waals surface area (Å²) in [5.41, 5.74) is 1.22. The molecule has 0 bridgehead atoms. The molecule has 1 aromatic rings. The van der Waals surface area contributed by atoms with E-state index in [0.29, 0.717) is 6.42 Å². The molecule has 0 aromatic heterocycles. The van der Waals surface area contributed by atoms with Crippen LogP contribution in [0.3, 0.4) is 0 Å². The van der Waals surface area contributed by atoms with Crippen LogP contribution in [0.15, 0.2) is 30.3 Å². The smallest absolute Gasteiger partial charge is 0.222 e. The molecule has 1 amide bonds. The number of amides is 1. The molecule has 1 aliphatic carbocycles. The van der Waals surface area contributed by atoms with Crippen molar-refractivity contribution in [2.24, 2.45) is 0 Å². The summed E-state index contributed by atoms with van der Waals surface area (Å²) in [4.78, 5) is 14.1. The first-order valence-corrected chi connectivity index (χ1v) is 7.56. The quantitative estimate of drug-likeness (QED) is 0.771. The lowest BCUT2D eigenvalue weighted by molar-refractivity contribution is -0.132. The van der Waals surface area contributed by atoms with Crippen LogP contribution in [0, 0.1) is 0 Å². The minimum atomic E-state index is 0.124. The second kappa shape index (κ2) is 6.95. The maximum atomic E-state index is 12.2. The van der Waals surface area contributed by atoms with E-state index in [9.17, 15) is 4.79 Å². The Morgan fingerprint density at radius 2 is 1.95 bits per heavy atom. The average Bonchev–Trinajstić information content (AvgIpc) is 2.45. The Morgan fingerprint density at radius 1 is 1.26 bits per heavy atom. The van der Waals surface area contributed by atoms with Gasteiger partial charge in [0.1, 0.15) is 0 Å². The number of halogens is 1. The molecule has 3 heteroatoms. The highest BCUT2D eigenvalue weighted by molar-refractivity contribution is 6.21. The van der Waals surface area contributed by atoms with E-state index in [4.69, 9.17) is 11.6 Å². The molecule has 0 N–H and O–H groups in total. The number of carbonyl (C=O) groups is 1. The molecule has 0 aliphatic heterocycles. The van der Waals surface area contributed by atoms with Crippen LogP contribution >= 0.6 is 11.6 Å². The van der Waals surface area contributed by atoms with E-state index in [1.165, 1.54) is 18.4 Å². The van der Waals surface area contributed by atoms with Crippen molar-refractivity contribution in [2.75, 3.05) is 7.05 Å². The zero-order valence-corrected chi connectivity index (χ0v) is 12.3. The molecule has 1 saturated carbocycles. The number of alkyl halides is 1. The third-order valence-corrected chi connectivity index (χ3v) is 4.52. The number of carbonyl (C=O) groups excluding carboxylic acids is 1. The summed E-state index contributed by atoms with van der Waals surface area (Å²) in [5, 5.41) is 0.124. The predicted octanol–water partition coefficient (Wildman–Crippen LogP) is 3.63. The summed E-state index contributed by atoms with van der Waals surface area (Å²) in [5.74, 6) is 0.210. The van der Waals surface area contributed by atoms with E-state index < -0.39 is 0 Å². The molecule has 1 fully saturated rings. The normalized spacial score (nSPS) is 23.1. The van der Waals surface area contributed by atoms with Crippen molar-refractivity contribution >= 4 is 17.5 Å². The van der Waals surface area contributed by atoms with Crippen LogP contribution in [0.5, 0.6) is 0 Å². The van der Waals surface area contributed by atoms with E-state index in [1.807, 2.05) is 30.1 Å². The summed E-state index contributed by atoms with van der Waals surface area (Å²) >= 11 is 6.34. The van der Waals surface area contributed by atoms with Crippen LogP contribution in [0.2, 0.25) is 0 Å². The van der Waals surface area contributed by atoms with Gasteiger partial charge in [0.25, 0.3) is 0 Å². The fraction of sp³-hybridized carbons (Fsp3) is 0.562. The molecule has 104 valence electrons. The van der Waals surface area contributed by atoms with E-state index >= 15 is 0 Å². The van der Waals surface area contributed by atoms with Gasteiger partial charge < -0.3 is 4.90 Å². The molecule has 1 aromatic carbocycles. The Morgan fingerprint density at radius 3 is 2.63 bits per heavy atom. The summed E-state index contributed by atoms with van der Waals surface area (Å²) in [6, 6.07) is 10.4. The van der Waals surface area contributed by atoms with Crippen molar-refractivity contribution in [1.82, 2.24) is 4.90 Å². The minimum absolute atomic E-state index is 0.124. The Balaban J connectivity index is 1.85. The number of benzene rings is 1. The molecule has 0 radical (unpaired) electrons. The fourth-order valence-electron chi connectivity index (χ4n) is 2.76. The van der Waals surface area contributed by atoms with Gasteiger partial charge in [-0.2, -0.15) is 0 Å². The number of rotatable bonds is 4. The van der Waals surface area contributed by atoms with Gasteiger partial charge in [0.2, 0.25) is 5.91 Å². The highest BCUT2D eigenvalue weighted by Gasteiger charge is 2.28. The predicted molar refractivity (Wildman–Crippen MR) is 79.4 cm³/mol. The molecule has 1 aliphatic rings. The van der Waals surface area contributed by atoms with Gasteiger partial charge in [-0.25, -0.2) is 0 Å². The van der Waals surface area contributed by atoms with E-state index in [-0.39, 0.29) is 17.3 Å². The lowest BCUT2D eigenvalue weighted by Gasteiger charge is -2.35. The first-order chi connectivity index (χ1) is 9.18. The number of nitrogens with zero attached hydrogens (tertiary/aromatic N) is 1. The molecule has 0 spiro atoms. The molecule has 2 atom stereocenters. The maximum absolute atomic E-state index is 12.2. The summed E-state index contributed by atoms with van der Waals surface area (Å²) in [6.45, 7) is 0. The van der Waals surface area contributed by atoms with Crippen molar-refractivity contribution in [3.63, 3.8) is 0 Å². The molecule has 0 heterocycles. The second-order valence-corrected chi connectivity index (χ2v) is 5.92. The van der Waals surface area contributed by atoms with Crippen molar-refractivity contribution < 1.29 is 4.79 Å². The second-order valence-electron chi connectivity index (χ2n) is 5.36. The third kappa shape index (κ3) is 3.97. The van der Waals surface area contributed by atoms with Gasteiger partial charge in [-0.1, -0.05) is 43.2 Å². The van der Waals surface area contributed by atoms with Crippen LogP contribution in [-0.4, -0.2) is 29.3 Å². The van der Waals surface area contributed by atoms with Gasteiger partial charge >= 0.3 is 0 Å². The largest absolute Gasteiger partial charge is 0.341 e. The number of aryl methyl sites for hydroxylation is 1. The van der Waals surface area contributed by atoms with Gasteiger partial charge in [0, 0.05) is 19.5 Å². The Kier molecular flexibility index (Phi) is 5.26. The zero-order valence-electron chi connectivity index (χ0n) is 11.5. The van der Waals surface area contributed by atoms with Crippen LogP contribution in [0.4, 0.5) is 0 Å². The third-order valence-electron chi connectivity index (χ3n) is 4.01. The standard InChI is InChI=1S/C16H22ClNO/c1-18(15-10-6-5-9-14(15)17)16(19)12-11-13-7-3-2-4-8-13/h2-4,7-8,14-15H,5-6,9-12H2,1H3. The summed E-state index contributed by atoms with van der Waals surface area (Å²) < 4.78 is 0. The van der Waals surface area contributed by atoms with Crippen molar-refractivity contribution in [2.45, 2.75) is 49.9 Å². The monoisotopic (exact) mass is 279 g/mol. The Bertz CT molecular complexity index is 406. The maximum Gasteiger partial charge on any atom is 0.222 e. The van der Waals surface area contributed by atoms with E-state index in [2.05, 4.69) is 12.1 Å². The van der Waals surface area contributed by atoms with Gasteiger partial charge in [-0.05, 0) is 24.8 Å². The van der Waals surface area contributed by atoms with E-state index in [1.54, 1.807) is 0 Å². The summed E-state index contributed by atoms with van der Waals surface area (Å²) in [7, 11) is 1.90. The first kappa shape index (κ1) is 14.4. The van der Waals surface area contributed by atoms with E-state index in [0.717, 1.165) is 19.3 Å². The molecule has 19 heavy (non-hydrogen) atoms. The molecular formula is C16H22ClNO. The highest BCUT2D eigenvalue weighted by atomic mass is 35.5. The number of hydrogen-bond acceptors (Lipinski definition) is 1. The van der Waals surface area contributed by atoms with Gasteiger partial charge in [0.15, 0.2) is 0 Å². The van der Waals surface area contributed by atoms with Gasteiger partial charge in [-0.15, -0.1) is 11.6 Å². The minimum Gasteiger partial charge on any atom is -0.341 e. The van der Waals surface area contributed by atoms with Gasteiger partial charge in [0.05, 0.1) is 5.38 Å². The zero-order chi connectivity index (χ0) is 13.7. The van der Waals surface area contributed by atoms with Gasteiger partial charge in [-0.3, -0.25) is 4.79 Å². The lowest BCUT2D eigenvalue weighted by Crippen LogP contribution is -2.44. The van der Waals surface area contributed by atoms with Crippen molar-refractivity contribution in [1.29, 1.82) is 0 Å². The average molecular weight is 280 g/mol. The topological polar surface area (TPSA) is 20.3 Å². The van der Waals surface area contributed by atoms with Crippen LogP contribution in [0.1, 0.15) is 37.7 Å². The fourth-order valence-corrected chi connectivity index (χ4v) is 3.21. The highest BCUT2D eigenvalue weighted by Crippen LogP contribution is 2.27. The molecule has 2 unspecified atom stereocenters.